The van der Waals surface area contributed by atoms with Crippen LogP contribution in [0.1, 0.15) is 29.6 Å². The van der Waals surface area contributed by atoms with E-state index in [0.717, 1.165) is 65.1 Å². The molecule has 0 spiro atoms. The van der Waals surface area contributed by atoms with Gasteiger partial charge < -0.3 is 20.1 Å². The summed E-state index contributed by atoms with van der Waals surface area (Å²) in [5, 5.41) is 7.08. The van der Waals surface area contributed by atoms with Crippen LogP contribution >= 0.6 is 11.3 Å². The Hall–Kier alpha value is -1.19. The van der Waals surface area contributed by atoms with Gasteiger partial charge in [-0.2, -0.15) is 0 Å². The molecule has 164 valence electrons. The Balaban J connectivity index is 1.54. The van der Waals surface area contributed by atoms with Gasteiger partial charge in [0.25, 0.3) is 0 Å². The van der Waals surface area contributed by atoms with Crippen LogP contribution in [0.3, 0.4) is 0 Å². The second-order valence-electron chi connectivity index (χ2n) is 7.96. The van der Waals surface area contributed by atoms with E-state index in [1.165, 1.54) is 9.75 Å². The molecular weight excluding hydrogens is 386 g/mol. The second kappa shape index (κ2) is 11.3. The van der Waals surface area contributed by atoms with E-state index in [-0.39, 0.29) is 0 Å². The highest BCUT2D eigenvalue weighted by Gasteiger charge is 2.25. The summed E-state index contributed by atoms with van der Waals surface area (Å²) in [6.45, 7) is 14.6. The Morgan fingerprint density at radius 2 is 1.90 bits per heavy atom. The van der Waals surface area contributed by atoms with E-state index in [2.05, 4.69) is 58.3 Å². The van der Waals surface area contributed by atoms with E-state index < -0.39 is 0 Å². The summed E-state index contributed by atoms with van der Waals surface area (Å²) in [5.41, 5.74) is 0. The predicted molar refractivity (Wildman–Crippen MR) is 120 cm³/mol. The number of morpholine rings is 2. The van der Waals surface area contributed by atoms with Gasteiger partial charge in [-0.15, -0.1) is 11.3 Å². The fourth-order valence-corrected chi connectivity index (χ4v) is 5.11. The number of hydrogen-bond acceptors (Lipinski definition) is 6. The average molecular weight is 424 g/mol. The minimum Gasteiger partial charge on any atom is -0.379 e. The van der Waals surface area contributed by atoms with Crippen LogP contribution < -0.4 is 10.6 Å². The van der Waals surface area contributed by atoms with E-state index in [1.54, 1.807) is 0 Å². The molecule has 3 unspecified atom stereocenters. The Kier molecular flexibility index (Phi) is 8.74. The van der Waals surface area contributed by atoms with E-state index in [4.69, 9.17) is 9.47 Å². The van der Waals surface area contributed by atoms with E-state index in [9.17, 15) is 0 Å². The molecule has 0 amide bonds. The molecule has 1 aromatic heterocycles. The minimum absolute atomic E-state index is 0.341. The van der Waals surface area contributed by atoms with Gasteiger partial charge >= 0.3 is 0 Å². The zero-order valence-corrected chi connectivity index (χ0v) is 19.1. The Morgan fingerprint density at radius 3 is 2.55 bits per heavy atom. The summed E-state index contributed by atoms with van der Waals surface area (Å²) < 4.78 is 11.1. The van der Waals surface area contributed by atoms with Gasteiger partial charge in [-0.1, -0.05) is 0 Å². The second-order valence-corrected chi connectivity index (χ2v) is 9.28. The smallest absolute Gasteiger partial charge is 0.191 e. The summed E-state index contributed by atoms with van der Waals surface area (Å²) in [6.07, 6.45) is 0. The molecule has 29 heavy (non-hydrogen) atoms. The molecule has 0 aliphatic carbocycles. The molecule has 8 heteroatoms. The number of thiophene rings is 1. The minimum atomic E-state index is 0.341. The molecule has 1 aromatic rings. The molecule has 2 aliphatic rings. The zero-order valence-electron chi connectivity index (χ0n) is 18.3. The third-order valence-corrected chi connectivity index (χ3v) is 6.91. The first-order valence-electron chi connectivity index (χ1n) is 10.7. The third-order valence-electron chi connectivity index (χ3n) is 5.81. The number of guanidine groups is 1. The molecule has 3 heterocycles. The highest BCUT2D eigenvalue weighted by Crippen LogP contribution is 2.27. The molecular formula is C21H37N5O2S. The summed E-state index contributed by atoms with van der Waals surface area (Å²) in [7, 11) is 1.84. The largest absolute Gasteiger partial charge is 0.379 e. The molecule has 0 saturated carbocycles. The number of hydrogen-bond donors (Lipinski definition) is 2. The predicted octanol–water partition coefficient (Wildman–Crippen LogP) is 1.70. The quantitative estimate of drug-likeness (QED) is 0.514. The van der Waals surface area contributed by atoms with Crippen molar-refractivity contribution in [3.8, 4) is 0 Å². The van der Waals surface area contributed by atoms with Crippen molar-refractivity contribution < 1.29 is 9.47 Å². The van der Waals surface area contributed by atoms with E-state index in [1.807, 2.05) is 18.4 Å². The summed E-state index contributed by atoms with van der Waals surface area (Å²) in [5.74, 6) is 0.865. The molecule has 3 rings (SSSR count). The summed E-state index contributed by atoms with van der Waals surface area (Å²) in [6, 6.07) is 5.71. The summed E-state index contributed by atoms with van der Waals surface area (Å²) in [4.78, 5) is 12.2. The highest BCUT2D eigenvalue weighted by molar-refractivity contribution is 7.12. The Morgan fingerprint density at radius 1 is 1.17 bits per heavy atom. The lowest BCUT2D eigenvalue weighted by Crippen LogP contribution is -2.53. The maximum absolute atomic E-state index is 5.56. The fourth-order valence-electron chi connectivity index (χ4n) is 4.10. The molecule has 2 fully saturated rings. The van der Waals surface area contributed by atoms with Gasteiger partial charge in [-0.05, 0) is 32.9 Å². The molecule has 0 bridgehead atoms. The standard InChI is InChI=1S/C21H37N5O2S/c1-16(26-9-12-28-15-17(26)2)13-23-21(22-4)24-14-19(20-6-5-18(3)29-20)25-7-10-27-11-8-25/h5-6,16-17,19H,7-15H2,1-4H3,(H2,22,23,24). The van der Waals surface area contributed by atoms with Crippen molar-refractivity contribution >= 4 is 17.3 Å². The van der Waals surface area contributed by atoms with Crippen LogP contribution in [0.5, 0.6) is 0 Å². The van der Waals surface area contributed by atoms with E-state index >= 15 is 0 Å². The van der Waals surface area contributed by atoms with Crippen molar-refractivity contribution in [3.63, 3.8) is 0 Å². The Labute approximate surface area is 179 Å². The van der Waals surface area contributed by atoms with Crippen LogP contribution in [-0.2, 0) is 9.47 Å². The van der Waals surface area contributed by atoms with Crippen molar-refractivity contribution in [2.24, 2.45) is 4.99 Å². The molecule has 2 N–H and O–H groups in total. The van der Waals surface area contributed by atoms with Crippen LogP contribution in [0.15, 0.2) is 17.1 Å². The van der Waals surface area contributed by atoms with Crippen molar-refractivity contribution in [1.82, 2.24) is 20.4 Å². The van der Waals surface area contributed by atoms with Gasteiger partial charge in [0.15, 0.2) is 5.96 Å². The van der Waals surface area contributed by atoms with Crippen molar-refractivity contribution in [1.29, 1.82) is 0 Å². The van der Waals surface area contributed by atoms with Gasteiger partial charge in [0.2, 0.25) is 0 Å². The number of aryl methyl sites for hydroxylation is 1. The molecule has 2 aliphatic heterocycles. The fraction of sp³-hybridized carbons (Fsp3) is 0.762. The van der Waals surface area contributed by atoms with Gasteiger partial charge in [0, 0.05) is 61.6 Å². The normalized spacial score (nSPS) is 24.3. The monoisotopic (exact) mass is 423 g/mol. The highest BCUT2D eigenvalue weighted by atomic mass is 32.1. The van der Waals surface area contributed by atoms with Crippen molar-refractivity contribution in [3.05, 3.63) is 21.9 Å². The molecule has 2 saturated heterocycles. The van der Waals surface area contributed by atoms with Crippen molar-refractivity contribution in [2.75, 3.05) is 66.2 Å². The van der Waals surface area contributed by atoms with Gasteiger partial charge in [0.1, 0.15) is 0 Å². The lowest BCUT2D eigenvalue weighted by Gasteiger charge is -2.38. The topological polar surface area (TPSA) is 61.4 Å². The van der Waals surface area contributed by atoms with E-state index in [0.29, 0.717) is 18.1 Å². The first kappa shape index (κ1) is 22.5. The maximum Gasteiger partial charge on any atom is 0.191 e. The van der Waals surface area contributed by atoms with Crippen LogP contribution in [0.2, 0.25) is 0 Å². The van der Waals surface area contributed by atoms with Crippen LogP contribution in [-0.4, -0.2) is 94.0 Å². The lowest BCUT2D eigenvalue weighted by molar-refractivity contribution is -0.0174. The molecule has 0 aromatic carbocycles. The number of nitrogens with one attached hydrogen (secondary N) is 2. The Bertz CT molecular complexity index is 647. The average Bonchev–Trinajstić information content (AvgIpc) is 3.17. The first-order valence-corrected chi connectivity index (χ1v) is 11.6. The van der Waals surface area contributed by atoms with Gasteiger partial charge in [-0.25, -0.2) is 0 Å². The summed E-state index contributed by atoms with van der Waals surface area (Å²) >= 11 is 1.88. The van der Waals surface area contributed by atoms with Crippen LogP contribution in [0.4, 0.5) is 0 Å². The zero-order chi connectivity index (χ0) is 20.6. The number of rotatable bonds is 7. The number of ether oxygens (including phenoxy) is 2. The third kappa shape index (κ3) is 6.39. The lowest BCUT2D eigenvalue weighted by atomic mass is 10.2. The van der Waals surface area contributed by atoms with Gasteiger partial charge in [0.05, 0.1) is 32.5 Å². The van der Waals surface area contributed by atoms with Gasteiger partial charge in [-0.3, -0.25) is 14.8 Å². The van der Waals surface area contributed by atoms with Crippen LogP contribution in [0.25, 0.3) is 0 Å². The van der Waals surface area contributed by atoms with Crippen molar-refractivity contribution in [2.45, 2.75) is 38.9 Å². The first-order chi connectivity index (χ1) is 14.1. The molecule has 3 atom stereocenters. The number of nitrogens with zero attached hydrogens (tertiary/aromatic N) is 3. The number of aliphatic imine (C=N–C) groups is 1. The molecule has 0 radical (unpaired) electrons. The molecule has 7 nitrogen and oxygen atoms in total. The van der Waals surface area contributed by atoms with Crippen LogP contribution in [0, 0.1) is 6.92 Å². The SMILES string of the molecule is CN=C(NCC(c1ccc(C)s1)N1CCOCC1)NCC(C)N1CCOCC1C. The maximum atomic E-state index is 5.56.